The highest BCUT2D eigenvalue weighted by Gasteiger charge is 1.94. The van der Waals surface area contributed by atoms with Gasteiger partial charge in [0.2, 0.25) is 5.88 Å². The molecule has 0 radical (unpaired) electrons. The summed E-state index contributed by atoms with van der Waals surface area (Å²) in [5.41, 5.74) is 10.8. The summed E-state index contributed by atoms with van der Waals surface area (Å²) in [4.78, 5) is 7.41. The van der Waals surface area contributed by atoms with Gasteiger partial charge in [0, 0.05) is 6.20 Å². The molecule has 5 heteroatoms. The molecule has 0 aromatic heterocycles. The molecular formula is C8H12N4O. The molecule has 5 N–H and O–H groups in total. The Kier molecular flexibility index (Phi) is 4.71. The van der Waals surface area contributed by atoms with Crippen LogP contribution in [0.5, 0.6) is 0 Å². The highest BCUT2D eigenvalue weighted by atomic mass is 16.3. The van der Waals surface area contributed by atoms with Crippen molar-refractivity contribution in [1.82, 2.24) is 0 Å². The summed E-state index contributed by atoms with van der Waals surface area (Å²) in [6.07, 6.45) is 3.72. The SMILES string of the molecule is C=C\N=C/C(=N/C=C(\N)O)C(=C)N. The lowest BCUT2D eigenvalue weighted by Gasteiger charge is -1.95. The molecule has 0 amide bonds. The first-order chi connectivity index (χ1) is 6.07. The molecule has 0 aromatic rings. The van der Waals surface area contributed by atoms with Gasteiger partial charge in [0.1, 0.15) is 5.71 Å². The van der Waals surface area contributed by atoms with Crippen LogP contribution >= 0.6 is 0 Å². The van der Waals surface area contributed by atoms with Gasteiger partial charge in [-0.05, 0) is 0 Å². The topological polar surface area (TPSA) is 97.0 Å². The molecule has 0 aromatic carbocycles. The zero-order chi connectivity index (χ0) is 10.3. The van der Waals surface area contributed by atoms with Gasteiger partial charge < -0.3 is 16.6 Å². The highest BCUT2D eigenvalue weighted by Crippen LogP contribution is 1.88. The van der Waals surface area contributed by atoms with Gasteiger partial charge in [0.15, 0.2) is 0 Å². The molecule has 0 unspecified atom stereocenters. The molecule has 0 atom stereocenters. The van der Waals surface area contributed by atoms with Gasteiger partial charge in [0.25, 0.3) is 0 Å². The Bertz CT molecular complexity index is 285. The zero-order valence-corrected chi connectivity index (χ0v) is 7.14. The summed E-state index contributed by atoms with van der Waals surface area (Å²) in [5, 5.41) is 8.61. The number of aliphatic hydroxyl groups excluding tert-OH is 1. The van der Waals surface area contributed by atoms with E-state index >= 15 is 0 Å². The van der Waals surface area contributed by atoms with Crippen molar-refractivity contribution in [3.63, 3.8) is 0 Å². The molecule has 5 nitrogen and oxygen atoms in total. The lowest BCUT2D eigenvalue weighted by Crippen LogP contribution is -2.11. The Morgan fingerprint density at radius 3 is 2.38 bits per heavy atom. The molecule has 0 aliphatic rings. The average molecular weight is 180 g/mol. The van der Waals surface area contributed by atoms with Crippen molar-refractivity contribution in [2.24, 2.45) is 21.5 Å². The van der Waals surface area contributed by atoms with Crippen LogP contribution < -0.4 is 11.5 Å². The van der Waals surface area contributed by atoms with E-state index in [4.69, 9.17) is 16.6 Å². The second-order valence-electron chi connectivity index (χ2n) is 2.05. The van der Waals surface area contributed by atoms with E-state index < -0.39 is 5.88 Å². The third kappa shape index (κ3) is 5.25. The van der Waals surface area contributed by atoms with Gasteiger partial charge in [-0.3, -0.25) is 4.99 Å². The first-order valence-electron chi connectivity index (χ1n) is 3.39. The van der Waals surface area contributed by atoms with Gasteiger partial charge in [-0.15, -0.1) is 0 Å². The van der Waals surface area contributed by atoms with E-state index in [1.54, 1.807) is 0 Å². The number of nitrogens with zero attached hydrogens (tertiary/aromatic N) is 2. The Morgan fingerprint density at radius 1 is 1.38 bits per heavy atom. The van der Waals surface area contributed by atoms with Crippen molar-refractivity contribution in [1.29, 1.82) is 0 Å². The van der Waals surface area contributed by atoms with Crippen LogP contribution in [0.1, 0.15) is 0 Å². The van der Waals surface area contributed by atoms with Gasteiger partial charge >= 0.3 is 0 Å². The lowest BCUT2D eigenvalue weighted by atomic mass is 10.3. The molecule has 0 fully saturated rings. The standard InChI is InChI=1S/C8H12N4O/c1-3-11-4-7(6(2)9)12-5-8(10)13/h3-5,13H,1-2,9-10H2/b8-5+,11-4-,12-7-. The molecule has 0 aliphatic carbocycles. The average Bonchev–Trinajstić information content (AvgIpc) is 2.03. The maximum Gasteiger partial charge on any atom is 0.200 e. The van der Waals surface area contributed by atoms with Crippen LogP contribution in [0.3, 0.4) is 0 Å². The first-order valence-corrected chi connectivity index (χ1v) is 3.39. The highest BCUT2D eigenvalue weighted by molar-refractivity contribution is 6.37. The second kappa shape index (κ2) is 5.59. The zero-order valence-electron chi connectivity index (χ0n) is 7.14. The lowest BCUT2D eigenvalue weighted by molar-refractivity contribution is 0.404. The van der Waals surface area contributed by atoms with Crippen molar-refractivity contribution >= 4 is 11.9 Å². The van der Waals surface area contributed by atoms with Crippen LogP contribution in [0.2, 0.25) is 0 Å². The molecule has 0 saturated carbocycles. The Labute approximate surface area is 76.5 Å². The summed E-state index contributed by atoms with van der Waals surface area (Å²) in [6.45, 7) is 6.83. The van der Waals surface area contributed by atoms with E-state index in [-0.39, 0.29) is 5.70 Å². The molecule has 0 heterocycles. The number of hydrogen-bond acceptors (Lipinski definition) is 5. The Morgan fingerprint density at radius 2 is 2.00 bits per heavy atom. The van der Waals surface area contributed by atoms with Crippen LogP contribution in [-0.2, 0) is 0 Å². The van der Waals surface area contributed by atoms with Crippen LogP contribution in [0, 0.1) is 0 Å². The van der Waals surface area contributed by atoms with Gasteiger partial charge in [-0.2, -0.15) is 0 Å². The van der Waals surface area contributed by atoms with Gasteiger partial charge in [0.05, 0.1) is 18.1 Å². The van der Waals surface area contributed by atoms with E-state index in [2.05, 4.69) is 23.1 Å². The van der Waals surface area contributed by atoms with E-state index in [1.807, 2.05) is 0 Å². The monoisotopic (exact) mass is 180 g/mol. The van der Waals surface area contributed by atoms with Gasteiger partial charge in [-0.1, -0.05) is 13.2 Å². The van der Waals surface area contributed by atoms with Crippen molar-refractivity contribution in [2.45, 2.75) is 0 Å². The minimum atomic E-state index is -0.411. The quantitative estimate of drug-likeness (QED) is 0.432. The minimum absolute atomic E-state index is 0.225. The number of rotatable bonds is 4. The van der Waals surface area contributed by atoms with Crippen LogP contribution in [0.15, 0.2) is 47.1 Å². The molecule has 13 heavy (non-hydrogen) atoms. The molecule has 0 saturated heterocycles. The molecular weight excluding hydrogens is 168 g/mol. The van der Waals surface area contributed by atoms with Crippen LogP contribution in [0.4, 0.5) is 0 Å². The normalized spacial score (nSPS) is 13.2. The fourth-order valence-corrected chi connectivity index (χ4v) is 0.458. The first kappa shape index (κ1) is 11.0. The van der Waals surface area contributed by atoms with Crippen LogP contribution in [-0.4, -0.2) is 17.0 Å². The molecule has 0 bridgehead atoms. The summed E-state index contributed by atoms with van der Waals surface area (Å²) < 4.78 is 0. The summed E-state index contributed by atoms with van der Waals surface area (Å²) in [7, 11) is 0. The smallest absolute Gasteiger partial charge is 0.200 e. The molecule has 0 rings (SSSR count). The molecule has 0 spiro atoms. The number of aliphatic imine (C=N–C) groups is 2. The molecule has 70 valence electrons. The van der Waals surface area contributed by atoms with Gasteiger partial charge in [-0.25, -0.2) is 4.99 Å². The number of nitrogens with two attached hydrogens (primary N) is 2. The fourth-order valence-electron chi connectivity index (χ4n) is 0.458. The molecule has 0 aliphatic heterocycles. The van der Waals surface area contributed by atoms with E-state index in [0.29, 0.717) is 5.71 Å². The number of allylic oxidation sites excluding steroid dienone is 1. The predicted octanol–water partition coefficient (Wildman–Crippen LogP) is 0.430. The van der Waals surface area contributed by atoms with Crippen molar-refractivity contribution in [3.8, 4) is 0 Å². The summed E-state index contributed by atoms with van der Waals surface area (Å²) >= 11 is 0. The van der Waals surface area contributed by atoms with Crippen molar-refractivity contribution < 1.29 is 5.11 Å². The Balaban J connectivity index is 4.70. The van der Waals surface area contributed by atoms with E-state index in [1.165, 1.54) is 12.4 Å². The van der Waals surface area contributed by atoms with Crippen molar-refractivity contribution in [3.05, 3.63) is 37.1 Å². The Hall–Kier alpha value is -2.04. The fraction of sp³-hybridized carbons (Fsp3) is 0. The maximum atomic E-state index is 8.61. The van der Waals surface area contributed by atoms with Crippen molar-refractivity contribution in [2.75, 3.05) is 0 Å². The third-order valence-electron chi connectivity index (χ3n) is 0.967. The van der Waals surface area contributed by atoms with E-state index in [0.717, 1.165) is 6.20 Å². The number of hydrogen-bond donors (Lipinski definition) is 3. The van der Waals surface area contributed by atoms with Crippen LogP contribution in [0.25, 0.3) is 0 Å². The number of aliphatic hydroxyl groups is 1. The second-order valence-corrected chi connectivity index (χ2v) is 2.05. The predicted molar refractivity (Wildman–Crippen MR) is 54.4 cm³/mol. The largest absolute Gasteiger partial charge is 0.494 e. The minimum Gasteiger partial charge on any atom is -0.494 e. The third-order valence-corrected chi connectivity index (χ3v) is 0.967. The summed E-state index contributed by atoms with van der Waals surface area (Å²) in [6, 6.07) is 0. The van der Waals surface area contributed by atoms with E-state index in [9.17, 15) is 0 Å². The summed E-state index contributed by atoms with van der Waals surface area (Å²) in [5.74, 6) is -0.411. The maximum absolute atomic E-state index is 8.61.